The minimum Gasteiger partial charge on any atom is -0.492 e. The van der Waals surface area contributed by atoms with E-state index in [1.807, 2.05) is 68.4 Å². The standard InChI is InChI=1S/C33H41N3O5S/c1-4-41-31-17-11-10-16-29(31)36(42(3,39)40)24-32(37)35(23-27-20-18-25(2)19-21-27)30(22-26-12-6-5-7-13-26)33(38)34-28-14-8-9-15-28/h5-7,10-13,16-21,28,30H,4,8-9,14-15,22-24H2,1-3H3,(H,34,38)/t30-/m1/s1. The van der Waals surface area contributed by atoms with Crippen LogP contribution in [0, 0.1) is 6.92 Å². The van der Waals surface area contributed by atoms with E-state index in [1.54, 1.807) is 24.3 Å². The van der Waals surface area contributed by atoms with Crippen molar-refractivity contribution in [1.82, 2.24) is 10.2 Å². The van der Waals surface area contributed by atoms with Gasteiger partial charge >= 0.3 is 0 Å². The number of hydrogen-bond donors (Lipinski definition) is 1. The molecular weight excluding hydrogens is 550 g/mol. The number of sulfonamides is 1. The number of carbonyl (C=O) groups excluding carboxylic acids is 2. The summed E-state index contributed by atoms with van der Waals surface area (Å²) in [5.74, 6) is -0.343. The molecule has 224 valence electrons. The van der Waals surface area contributed by atoms with E-state index in [-0.39, 0.29) is 24.2 Å². The van der Waals surface area contributed by atoms with E-state index >= 15 is 0 Å². The van der Waals surface area contributed by atoms with Crippen LogP contribution in [0.3, 0.4) is 0 Å². The molecule has 4 rings (SSSR count). The number of rotatable bonds is 13. The molecule has 1 aliphatic carbocycles. The largest absolute Gasteiger partial charge is 0.492 e. The lowest BCUT2D eigenvalue weighted by Crippen LogP contribution is -2.54. The molecule has 0 aliphatic heterocycles. The van der Waals surface area contributed by atoms with Crippen LogP contribution in [-0.2, 0) is 32.6 Å². The Labute approximate surface area is 249 Å². The van der Waals surface area contributed by atoms with Gasteiger partial charge in [0.25, 0.3) is 0 Å². The fraction of sp³-hybridized carbons (Fsp3) is 0.394. The summed E-state index contributed by atoms with van der Waals surface area (Å²) in [6.45, 7) is 3.81. The second kappa shape index (κ2) is 14.4. The van der Waals surface area contributed by atoms with Gasteiger partial charge in [-0.15, -0.1) is 0 Å². The highest BCUT2D eigenvalue weighted by Gasteiger charge is 2.34. The zero-order valence-electron chi connectivity index (χ0n) is 24.7. The second-order valence-electron chi connectivity index (χ2n) is 10.9. The van der Waals surface area contributed by atoms with Crippen LogP contribution in [-0.4, -0.2) is 56.6 Å². The van der Waals surface area contributed by atoms with E-state index in [0.29, 0.717) is 18.8 Å². The summed E-state index contributed by atoms with van der Waals surface area (Å²) in [4.78, 5) is 29.7. The Morgan fingerprint density at radius 2 is 1.57 bits per heavy atom. The summed E-state index contributed by atoms with van der Waals surface area (Å²) in [7, 11) is -3.88. The van der Waals surface area contributed by atoms with E-state index in [0.717, 1.165) is 52.9 Å². The Balaban J connectivity index is 1.73. The highest BCUT2D eigenvalue weighted by atomic mass is 32.2. The van der Waals surface area contributed by atoms with Crippen molar-refractivity contribution < 1.29 is 22.7 Å². The molecule has 1 fully saturated rings. The molecule has 0 radical (unpaired) electrons. The first-order valence-corrected chi connectivity index (χ1v) is 16.4. The molecule has 42 heavy (non-hydrogen) atoms. The molecule has 1 saturated carbocycles. The molecule has 1 aliphatic rings. The molecule has 3 aromatic rings. The van der Waals surface area contributed by atoms with Gasteiger partial charge in [0.2, 0.25) is 21.8 Å². The van der Waals surface area contributed by atoms with Crippen LogP contribution in [0.1, 0.15) is 49.3 Å². The average Bonchev–Trinajstić information content (AvgIpc) is 3.48. The fourth-order valence-electron chi connectivity index (χ4n) is 5.35. The van der Waals surface area contributed by atoms with E-state index in [1.165, 1.54) is 4.90 Å². The minimum atomic E-state index is -3.88. The maximum atomic E-state index is 14.3. The van der Waals surface area contributed by atoms with Gasteiger partial charge in [0.15, 0.2) is 0 Å². The van der Waals surface area contributed by atoms with Gasteiger partial charge in [0, 0.05) is 19.0 Å². The predicted molar refractivity (Wildman–Crippen MR) is 166 cm³/mol. The van der Waals surface area contributed by atoms with Crippen molar-refractivity contribution >= 4 is 27.5 Å². The van der Waals surface area contributed by atoms with Crippen LogP contribution in [0.15, 0.2) is 78.9 Å². The number of anilines is 1. The summed E-state index contributed by atoms with van der Waals surface area (Å²) < 4.78 is 32.9. The summed E-state index contributed by atoms with van der Waals surface area (Å²) in [5.41, 5.74) is 3.11. The van der Waals surface area contributed by atoms with E-state index in [2.05, 4.69) is 5.32 Å². The lowest BCUT2D eigenvalue weighted by atomic mass is 10.0. The number of benzene rings is 3. The van der Waals surface area contributed by atoms with Crippen LogP contribution < -0.4 is 14.4 Å². The van der Waals surface area contributed by atoms with E-state index in [4.69, 9.17) is 4.74 Å². The van der Waals surface area contributed by atoms with Gasteiger partial charge in [-0.1, -0.05) is 85.1 Å². The molecule has 1 N–H and O–H groups in total. The Morgan fingerprint density at radius 1 is 0.929 bits per heavy atom. The van der Waals surface area contributed by atoms with Crippen LogP contribution in [0.4, 0.5) is 5.69 Å². The number of nitrogens with zero attached hydrogens (tertiary/aromatic N) is 2. The van der Waals surface area contributed by atoms with Crippen LogP contribution >= 0.6 is 0 Å². The molecule has 0 unspecified atom stereocenters. The molecule has 3 aromatic carbocycles. The molecule has 0 spiro atoms. The van der Waals surface area contributed by atoms with Crippen molar-refractivity contribution in [2.45, 2.75) is 64.6 Å². The van der Waals surface area contributed by atoms with Crippen molar-refractivity contribution in [2.75, 3.05) is 23.7 Å². The highest BCUT2D eigenvalue weighted by molar-refractivity contribution is 7.92. The molecule has 0 heterocycles. The lowest BCUT2D eigenvalue weighted by molar-refractivity contribution is -0.140. The molecule has 0 bridgehead atoms. The molecule has 0 aromatic heterocycles. The number of hydrogen-bond acceptors (Lipinski definition) is 5. The van der Waals surface area contributed by atoms with Crippen molar-refractivity contribution in [1.29, 1.82) is 0 Å². The normalized spacial score (nSPS) is 14.3. The third kappa shape index (κ3) is 8.35. The quantitative estimate of drug-likeness (QED) is 0.306. The number of para-hydroxylation sites is 2. The number of nitrogens with one attached hydrogen (secondary N) is 1. The number of amides is 2. The summed E-state index contributed by atoms with van der Waals surface area (Å²) in [5, 5.41) is 3.19. The third-order valence-electron chi connectivity index (χ3n) is 7.56. The molecule has 8 nitrogen and oxygen atoms in total. The SMILES string of the molecule is CCOc1ccccc1N(CC(=O)N(Cc1ccc(C)cc1)[C@H](Cc1ccccc1)C(=O)NC1CCCC1)S(C)(=O)=O. The first kappa shape index (κ1) is 31.1. The van der Waals surface area contributed by atoms with Crippen LogP contribution in [0.25, 0.3) is 0 Å². The minimum absolute atomic E-state index is 0.0673. The molecule has 0 saturated heterocycles. The first-order chi connectivity index (χ1) is 20.2. The van der Waals surface area contributed by atoms with Gasteiger partial charge in [-0.05, 0) is 49.9 Å². The second-order valence-corrected chi connectivity index (χ2v) is 12.8. The number of ether oxygens (including phenoxy) is 1. The molecule has 1 atom stereocenters. The van der Waals surface area contributed by atoms with E-state index in [9.17, 15) is 18.0 Å². The van der Waals surface area contributed by atoms with Gasteiger partial charge in [-0.25, -0.2) is 8.42 Å². The zero-order valence-corrected chi connectivity index (χ0v) is 25.5. The van der Waals surface area contributed by atoms with E-state index < -0.39 is 28.5 Å². The first-order valence-electron chi connectivity index (χ1n) is 14.5. The lowest BCUT2D eigenvalue weighted by Gasteiger charge is -2.34. The zero-order chi connectivity index (χ0) is 30.1. The molecular formula is C33H41N3O5S. The van der Waals surface area contributed by atoms with Gasteiger partial charge in [0.05, 0.1) is 18.6 Å². The predicted octanol–water partition coefficient (Wildman–Crippen LogP) is 4.86. The van der Waals surface area contributed by atoms with Gasteiger partial charge in [-0.3, -0.25) is 13.9 Å². The Morgan fingerprint density at radius 3 is 2.21 bits per heavy atom. The topological polar surface area (TPSA) is 96.0 Å². The smallest absolute Gasteiger partial charge is 0.244 e. The third-order valence-corrected chi connectivity index (χ3v) is 8.69. The van der Waals surface area contributed by atoms with Crippen LogP contribution in [0.5, 0.6) is 5.75 Å². The van der Waals surface area contributed by atoms with Gasteiger partial charge < -0.3 is 15.0 Å². The summed E-state index contributed by atoms with van der Waals surface area (Å²) in [6, 6.07) is 23.4. The Bertz CT molecular complexity index is 1440. The maximum absolute atomic E-state index is 14.3. The van der Waals surface area contributed by atoms with Crippen molar-refractivity contribution in [3.8, 4) is 5.75 Å². The summed E-state index contributed by atoms with van der Waals surface area (Å²) in [6.07, 6.45) is 5.30. The van der Waals surface area contributed by atoms with Crippen molar-refractivity contribution in [3.63, 3.8) is 0 Å². The number of carbonyl (C=O) groups is 2. The fourth-order valence-corrected chi connectivity index (χ4v) is 6.20. The van der Waals surface area contributed by atoms with Crippen molar-refractivity contribution in [2.24, 2.45) is 0 Å². The number of aryl methyl sites for hydroxylation is 1. The molecule has 2 amide bonds. The summed E-state index contributed by atoms with van der Waals surface area (Å²) >= 11 is 0. The van der Waals surface area contributed by atoms with Gasteiger partial charge in [-0.2, -0.15) is 0 Å². The monoisotopic (exact) mass is 591 g/mol. The maximum Gasteiger partial charge on any atom is 0.244 e. The average molecular weight is 592 g/mol. The molecule has 9 heteroatoms. The van der Waals surface area contributed by atoms with Crippen LogP contribution in [0.2, 0.25) is 0 Å². The highest BCUT2D eigenvalue weighted by Crippen LogP contribution is 2.30. The Kier molecular flexibility index (Phi) is 10.6. The Hall–Kier alpha value is -3.85. The van der Waals surface area contributed by atoms with Crippen molar-refractivity contribution in [3.05, 3.63) is 95.6 Å². The van der Waals surface area contributed by atoms with Gasteiger partial charge in [0.1, 0.15) is 18.3 Å².